The lowest BCUT2D eigenvalue weighted by molar-refractivity contribution is 0.0694. The zero-order valence-corrected chi connectivity index (χ0v) is 13.6. The first kappa shape index (κ1) is 9.50. The molecule has 4 rings (SSSR count). The van der Waals surface area contributed by atoms with Gasteiger partial charge in [0.05, 0.1) is 18.7 Å². The Balaban J connectivity index is 2.17. The molecule has 2 aromatic rings. The quantitative estimate of drug-likeness (QED) is 0.849. The summed E-state index contributed by atoms with van der Waals surface area (Å²) in [6.45, 7) is -5.62. The van der Waals surface area contributed by atoms with Crippen LogP contribution in [0.15, 0.2) is 17.1 Å². The molecular formula is C19H21FN2O4. The number of hydrogen-bond donors (Lipinski definition) is 2. The molecule has 3 heterocycles. The number of aromatic nitrogens is 1. The summed E-state index contributed by atoms with van der Waals surface area (Å²) < 4.78 is 90.5. The van der Waals surface area contributed by atoms with Crippen molar-refractivity contribution in [2.45, 2.75) is 44.6 Å². The van der Waals surface area contributed by atoms with Crippen LogP contribution in [0.1, 0.15) is 60.4 Å². The fraction of sp³-hybridized carbons (Fsp3) is 0.474. The summed E-state index contributed by atoms with van der Waals surface area (Å²) in [5, 5.41) is 19.4. The van der Waals surface area contributed by atoms with E-state index in [0.717, 1.165) is 6.20 Å². The van der Waals surface area contributed by atoms with Crippen LogP contribution in [-0.4, -0.2) is 39.8 Å². The van der Waals surface area contributed by atoms with Crippen molar-refractivity contribution in [3.05, 3.63) is 39.4 Å². The summed E-state index contributed by atoms with van der Waals surface area (Å²) in [4.78, 5) is 24.3. The molecule has 0 bridgehead atoms. The first-order chi connectivity index (χ1) is 15.7. The molecule has 1 aromatic heterocycles. The molecule has 7 heteroatoms. The maximum absolute atomic E-state index is 15.7. The summed E-state index contributed by atoms with van der Waals surface area (Å²) >= 11 is 0. The Labute approximate surface area is 162 Å². The van der Waals surface area contributed by atoms with Crippen LogP contribution in [0.2, 0.25) is 0 Å². The predicted molar refractivity (Wildman–Crippen MR) is 95.6 cm³/mol. The Kier molecular flexibility index (Phi) is 2.23. The average molecular weight is 369 g/mol. The summed E-state index contributed by atoms with van der Waals surface area (Å²) in [7, 11) is 0. The molecule has 0 amide bonds. The highest BCUT2D eigenvalue weighted by molar-refractivity contribution is 5.95. The van der Waals surface area contributed by atoms with E-state index in [1.807, 2.05) is 0 Å². The SMILES string of the molecule is [2H]C1([2H])N(c2c(F)cc3c(=O)c(C(=O)O)cn4c3c2CCC4C)C([2H])([2H])C([2H])([2H])C([2H])(O)C1([2H])[2H]. The highest BCUT2D eigenvalue weighted by Gasteiger charge is 2.29. The minimum atomic E-state index is -3.92. The number of aromatic carboxylic acids is 1. The number of rotatable bonds is 2. The van der Waals surface area contributed by atoms with Gasteiger partial charge >= 0.3 is 5.97 Å². The van der Waals surface area contributed by atoms with Crippen LogP contribution in [0, 0.1) is 5.82 Å². The number of carbonyl (C=O) groups is 1. The van der Waals surface area contributed by atoms with Crippen molar-refractivity contribution in [1.82, 2.24) is 4.57 Å². The molecule has 26 heavy (non-hydrogen) atoms. The predicted octanol–water partition coefficient (Wildman–Crippen LogP) is 2.31. The molecule has 6 nitrogen and oxygen atoms in total. The lowest BCUT2D eigenvalue weighted by atomic mass is 9.93. The molecule has 1 saturated heterocycles. The second-order valence-corrected chi connectivity index (χ2v) is 6.21. The fourth-order valence-electron chi connectivity index (χ4n) is 3.42. The number of benzene rings is 1. The maximum Gasteiger partial charge on any atom is 0.341 e. The van der Waals surface area contributed by atoms with E-state index in [9.17, 15) is 19.8 Å². The van der Waals surface area contributed by atoms with Gasteiger partial charge in [0.25, 0.3) is 0 Å². The first-order valence-corrected chi connectivity index (χ1v) is 7.91. The average Bonchev–Trinajstić information content (AvgIpc) is 2.72. The van der Waals surface area contributed by atoms with Gasteiger partial charge in [-0.15, -0.1) is 0 Å². The van der Waals surface area contributed by atoms with Gasteiger partial charge in [0.1, 0.15) is 11.4 Å². The molecule has 138 valence electrons. The van der Waals surface area contributed by atoms with E-state index in [1.165, 1.54) is 4.57 Å². The van der Waals surface area contributed by atoms with E-state index in [4.69, 9.17) is 12.3 Å². The van der Waals surface area contributed by atoms with E-state index in [2.05, 4.69) is 0 Å². The van der Waals surface area contributed by atoms with Crippen LogP contribution in [0.5, 0.6) is 0 Å². The third-order valence-corrected chi connectivity index (χ3v) is 4.65. The monoisotopic (exact) mass is 369 g/mol. The van der Waals surface area contributed by atoms with Gasteiger partial charge in [-0.25, -0.2) is 9.18 Å². The van der Waals surface area contributed by atoms with Crippen molar-refractivity contribution in [3.63, 3.8) is 0 Å². The molecular weight excluding hydrogens is 339 g/mol. The smallest absolute Gasteiger partial charge is 0.341 e. The molecule has 1 atom stereocenters. The third kappa shape index (κ3) is 2.49. The summed E-state index contributed by atoms with van der Waals surface area (Å²) in [6, 6.07) is 0.198. The number of anilines is 1. The van der Waals surface area contributed by atoms with Crippen molar-refractivity contribution in [3.8, 4) is 0 Å². The number of hydrogen-bond acceptors (Lipinski definition) is 4. The Morgan fingerprint density at radius 3 is 2.77 bits per heavy atom. The molecule has 1 unspecified atom stereocenters. The molecule has 1 fully saturated rings. The summed E-state index contributed by atoms with van der Waals surface area (Å²) in [5.41, 5.74) is -2.71. The molecule has 2 aliphatic heterocycles. The number of carboxylic acids is 1. The van der Waals surface area contributed by atoms with Crippen LogP contribution in [0.3, 0.4) is 0 Å². The second kappa shape index (κ2) is 6.09. The summed E-state index contributed by atoms with van der Waals surface area (Å²) in [6.07, 6.45) is -10.2. The zero-order valence-electron chi connectivity index (χ0n) is 22.6. The molecule has 2 N–H and O–H groups in total. The minimum absolute atomic E-state index is 0.0189. The zero-order chi connectivity index (χ0) is 26.7. The largest absolute Gasteiger partial charge is 0.477 e. The highest BCUT2D eigenvalue weighted by atomic mass is 19.1. The number of aliphatic hydroxyl groups is 1. The van der Waals surface area contributed by atoms with Gasteiger partial charge in [-0.1, -0.05) is 0 Å². The fourth-order valence-corrected chi connectivity index (χ4v) is 3.42. The van der Waals surface area contributed by atoms with E-state index < -0.39 is 66.3 Å². The first-order valence-electron chi connectivity index (χ1n) is 12.4. The highest BCUT2D eigenvalue weighted by Crippen LogP contribution is 2.38. The summed E-state index contributed by atoms with van der Waals surface area (Å²) in [5.74, 6) is -2.97. The van der Waals surface area contributed by atoms with Crippen molar-refractivity contribution in [1.29, 1.82) is 0 Å². The Bertz CT molecular complexity index is 1310. The van der Waals surface area contributed by atoms with Crippen molar-refractivity contribution in [2.75, 3.05) is 17.9 Å². The van der Waals surface area contributed by atoms with Gasteiger partial charge in [-0.2, -0.15) is 0 Å². The molecule has 0 saturated carbocycles. The van der Waals surface area contributed by atoms with Crippen LogP contribution < -0.4 is 10.3 Å². The van der Waals surface area contributed by atoms with Gasteiger partial charge in [0, 0.05) is 47.1 Å². The Morgan fingerprint density at radius 1 is 1.42 bits per heavy atom. The third-order valence-electron chi connectivity index (χ3n) is 4.65. The molecule has 1 aromatic carbocycles. The second-order valence-electron chi connectivity index (χ2n) is 6.21. The van der Waals surface area contributed by atoms with E-state index in [-0.39, 0.29) is 34.2 Å². The van der Waals surface area contributed by atoms with Crippen LogP contribution in [0.25, 0.3) is 10.9 Å². The van der Waals surface area contributed by atoms with Crippen LogP contribution in [-0.2, 0) is 6.42 Å². The molecule has 0 spiro atoms. The van der Waals surface area contributed by atoms with E-state index in [0.29, 0.717) is 6.07 Å². The molecule has 0 aliphatic carbocycles. The van der Waals surface area contributed by atoms with Gasteiger partial charge in [0.2, 0.25) is 5.43 Å². The number of carboxylic acid groups (broad SMARTS) is 1. The molecule has 0 radical (unpaired) electrons. The van der Waals surface area contributed by atoms with Crippen molar-refractivity contribution < 1.29 is 31.7 Å². The normalized spacial score (nSPS) is 34.7. The number of halogens is 1. The van der Waals surface area contributed by atoms with Crippen LogP contribution >= 0.6 is 0 Å². The van der Waals surface area contributed by atoms with Gasteiger partial charge < -0.3 is 19.7 Å². The van der Waals surface area contributed by atoms with Crippen molar-refractivity contribution in [2.24, 2.45) is 0 Å². The number of pyridine rings is 1. The number of nitrogens with zero attached hydrogens (tertiary/aromatic N) is 2. The Hall–Kier alpha value is -2.41. The standard InChI is InChI=1S/C19H21FN2O4/c1-10-2-3-12-16-13(18(24)14(19(25)26)9-22(10)16)8-15(20)17(12)21-6-4-11(23)5-7-21/h8-11,23H,2-7H2,1H3,(H,25,26)/i4D2,5D2,6D2,7D2,11D. The lowest BCUT2D eigenvalue weighted by Gasteiger charge is -2.36. The van der Waals surface area contributed by atoms with E-state index in [1.54, 1.807) is 6.92 Å². The maximum atomic E-state index is 15.7. The molecule has 2 aliphatic rings. The van der Waals surface area contributed by atoms with Gasteiger partial charge in [-0.3, -0.25) is 4.79 Å². The number of piperidine rings is 1. The van der Waals surface area contributed by atoms with Gasteiger partial charge in [-0.05, 0) is 38.6 Å². The van der Waals surface area contributed by atoms with Crippen molar-refractivity contribution >= 4 is 22.6 Å². The Morgan fingerprint density at radius 2 is 2.12 bits per heavy atom. The van der Waals surface area contributed by atoms with Crippen LogP contribution in [0.4, 0.5) is 10.1 Å². The minimum Gasteiger partial charge on any atom is -0.477 e. The lowest BCUT2D eigenvalue weighted by Crippen LogP contribution is -2.37. The van der Waals surface area contributed by atoms with Gasteiger partial charge in [0.15, 0.2) is 0 Å². The van der Waals surface area contributed by atoms with E-state index >= 15 is 4.39 Å². The topological polar surface area (TPSA) is 82.8 Å². The number of aryl methyl sites for hydroxylation is 1.